The third-order valence-electron chi connectivity index (χ3n) is 6.93. The highest BCUT2D eigenvalue weighted by Crippen LogP contribution is 2.41. The van der Waals surface area contributed by atoms with Gasteiger partial charge in [-0.1, -0.05) is 32.9 Å². The lowest BCUT2D eigenvalue weighted by molar-refractivity contribution is -0.140. The summed E-state index contributed by atoms with van der Waals surface area (Å²) in [7, 11) is 0. The Balaban J connectivity index is 1.75. The summed E-state index contributed by atoms with van der Waals surface area (Å²) < 4.78 is 11.5. The van der Waals surface area contributed by atoms with E-state index in [-0.39, 0.29) is 17.4 Å². The number of likely N-dealkylation sites (N-methyl/N-ethyl adjacent to an activating group) is 1. The van der Waals surface area contributed by atoms with E-state index in [1.165, 1.54) is 0 Å². The Bertz CT molecular complexity index is 1140. The molecule has 4 rings (SSSR count). The fourth-order valence-electron chi connectivity index (χ4n) is 4.94. The van der Waals surface area contributed by atoms with E-state index in [1.54, 1.807) is 11.0 Å². The molecule has 1 saturated heterocycles. The van der Waals surface area contributed by atoms with Crippen LogP contribution in [0.15, 0.2) is 48.0 Å². The van der Waals surface area contributed by atoms with Crippen molar-refractivity contribution in [3.8, 4) is 11.5 Å². The zero-order chi connectivity index (χ0) is 25.8. The number of aliphatic hydroxyl groups is 1. The van der Waals surface area contributed by atoms with Gasteiger partial charge in [0.05, 0.1) is 18.2 Å². The van der Waals surface area contributed by atoms with Gasteiger partial charge in [0.2, 0.25) is 0 Å². The molecule has 0 radical (unpaired) electrons. The van der Waals surface area contributed by atoms with Crippen molar-refractivity contribution in [3.05, 3.63) is 64.7 Å². The Labute approximate surface area is 213 Å². The van der Waals surface area contributed by atoms with Crippen molar-refractivity contribution in [3.63, 3.8) is 0 Å². The standard InChI is InChI=1S/C29H36N2O5/c1-5-16-35-23-11-8-20(9-12-23)26-25(28(33)29(34)31(26)15-14-30(6-2)7-3)27(32)21-10-13-24-22(18-21)17-19(4)36-24/h8-13,18-19,26,32H,5-7,14-17H2,1-4H3/b27-25+. The summed E-state index contributed by atoms with van der Waals surface area (Å²) in [6.45, 7) is 11.5. The number of hydrogen-bond acceptors (Lipinski definition) is 6. The molecule has 192 valence electrons. The highest BCUT2D eigenvalue weighted by molar-refractivity contribution is 6.46. The van der Waals surface area contributed by atoms with E-state index in [0.29, 0.717) is 25.3 Å². The number of nitrogens with zero attached hydrogens (tertiary/aromatic N) is 2. The van der Waals surface area contributed by atoms with Gasteiger partial charge in [0.15, 0.2) is 0 Å². The molecule has 7 nitrogen and oxygen atoms in total. The number of Topliss-reactive ketones (excluding diaryl/α,β-unsaturated/α-hetero) is 1. The van der Waals surface area contributed by atoms with Crippen LogP contribution in [0.5, 0.6) is 11.5 Å². The summed E-state index contributed by atoms with van der Waals surface area (Å²) in [4.78, 5) is 30.3. The normalized spacial score (nSPS) is 20.6. The molecular weight excluding hydrogens is 456 g/mol. The number of hydrogen-bond donors (Lipinski definition) is 1. The van der Waals surface area contributed by atoms with E-state index in [4.69, 9.17) is 9.47 Å². The van der Waals surface area contributed by atoms with Crippen molar-refractivity contribution < 1.29 is 24.2 Å². The number of carbonyl (C=O) groups is 2. The molecule has 2 aliphatic heterocycles. The van der Waals surface area contributed by atoms with Gasteiger partial charge in [-0.2, -0.15) is 0 Å². The maximum absolute atomic E-state index is 13.3. The molecular formula is C29H36N2O5. The van der Waals surface area contributed by atoms with Gasteiger partial charge in [-0.3, -0.25) is 9.59 Å². The lowest BCUT2D eigenvalue weighted by Gasteiger charge is -2.28. The zero-order valence-electron chi connectivity index (χ0n) is 21.6. The van der Waals surface area contributed by atoms with Crippen molar-refractivity contribution in [2.75, 3.05) is 32.8 Å². The topological polar surface area (TPSA) is 79.3 Å². The molecule has 0 aromatic heterocycles. The fourth-order valence-corrected chi connectivity index (χ4v) is 4.94. The number of amides is 1. The van der Waals surface area contributed by atoms with Gasteiger partial charge in [0, 0.05) is 25.1 Å². The van der Waals surface area contributed by atoms with Crippen molar-refractivity contribution in [1.29, 1.82) is 0 Å². The monoisotopic (exact) mass is 492 g/mol. The van der Waals surface area contributed by atoms with E-state index in [0.717, 1.165) is 48.6 Å². The Kier molecular flexibility index (Phi) is 7.99. The molecule has 1 N–H and O–H groups in total. The first-order valence-corrected chi connectivity index (χ1v) is 12.9. The van der Waals surface area contributed by atoms with Crippen molar-refractivity contribution in [2.24, 2.45) is 0 Å². The average molecular weight is 493 g/mol. The molecule has 0 aliphatic carbocycles. The summed E-state index contributed by atoms with van der Waals surface area (Å²) >= 11 is 0. The molecule has 0 spiro atoms. The second-order valence-corrected chi connectivity index (χ2v) is 9.39. The number of likely N-dealkylation sites (tertiary alicyclic amines) is 1. The molecule has 2 unspecified atom stereocenters. The van der Waals surface area contributed by atoms with Crippen LogP contribution in [0.3, 0.4) is 0 Å². The number of benzene rings is 2. The van der Waals surface area contributed by atoms with Crippen LogP contribution < -0.4 is 9.47 Å². The smallest absolute Gasteiger partial charge is 0.295 e. The van der Waals surface area contributed by atoms with Gasteiger partial charge in [-0.25, -0.2) is 0 Å². The number of carbonyl (C=O) groups excluding carboxylic acids is 2. The summed E-state index contributed by atoms with van der Waals surface area (Å²) in [5.74, 6) is 0.121. The predicted octanol–water partition coefficient (Wildman–Crippen LogP) is 4.56. The van der Waals surface area contributed by atoms with Crippen molar-refractivity contribution >= 4 is 17.4 Å². The van der Waals surface area contributed by atoms with Gasteiger partial charge in [-0.15, -0.1) is 0 Å². The van der Waals surface area contributed by atoms with Crippen LogP contribution in [0.25, 0.3) is 5.76 Å². The van der Waals surface area contributed by atoms with Gasteiger partial charge < -0.3 is 24.4 Å². The first-order valence-electron chi connectivity index (χ1n) is 12.9. The number of ether oxygens (including phenoxy) is 2. The minimum Gasteiger partial charge on any atom is -0.507 e. The van der Waals surface area contributed by atoms with E-state index in [2.05, 4.69) is 18.7 Å². The van der Waals surface area contributed by atoms with Crippen LogP contribution >= 0.6 is 0 Å². The molecule has 2 aromatic rings. The van der Waals surface area contributed by atoms with Crippen LogP contribution in [0.2, 0.25) is 0 Å². The summed E-state index contributed by atoms with van der Waals surface area (Å²) in [6, 6.07) is 12.2. The second-order valence-electron chi connectivity index (χ2n) is 9.39. The highest BCUT2D eigenvalue weighted by Gasteiger charge is 2.46. The Morgan fingerprint density at radius 1 is 1.11 bits per heavy atom. The molecule has 36 heavy (non-hydrogen) atoms. The SMILES string of the molecule is CCCOc1ccc(C2/C(=C(\O)c3ccc4c(c3)CC(C)O4)C(=O)C(=O)N2CCN(CC)CC)cc1. The van der Waals surface area contributed by atoms with Gasteiger partial charge in [0.1, 0.15) is 23.4 Å². The van der Waals surface area contributed by atoms with Crippen molar-refractivity contribution in [2.45, 2.75) is 52.7 Å². The van der Waals surface area contributed by atoms with Crippen LogP contribution in [0.4, 0.5) is 0 Å². The molecule has 2 atom stereocenters. The Hall–Kier alpha value is -3.32. The summed E-state index contributed by atoms with van der Waals surface area (Å²) in [5.41, 5.74) is 2.38. The van der Waals surface area contributed by atoms with Crippen LogP contribution in [-0.2, 0) is 16.0 Å². The largest absolute Gasteiger partial charge is 0.507 e. The van der Waals surface area contributed by atoms with Gasteiger partial charge >= 0.3 is 0 Å². The maximum Gasteiger partial charge on any atom is 0.295 e. The maximum atomic E-state index is 13.3. The number of fused-ring (bicyclic) bond motifs is 1. The number of ketones is 1. The molecule has 2 heterocycles. The third-order valence-corrected chi connectivity index (χ3v) is 6.93. The number of rotatable bonds is 10. The molecule has 0 saturated carbocycles. The Morgan fingerprint density at radius 3 is 2.50 bits per heavy atom. The molecule has 2 aromatic carbocycles. The number of aliphatic hydroxyl groups excluding tert-OH is 1. The quantitative estimate of drug-likeness (QED) is 0.298. The van der Waals surface area contributed by atoms with Crippen LogP contribution in [0.1, 0.15) is 56.8 Å². The third kappa shape index (κ3) is 5.12. The summed E-state index contributed by atoms with van der Waals surface area (Å²) in [5, 5.41) is 11.4. The van der Waals surface area contributed by atoms with E-state index in [9.17, 15) is 14.7 Å². The van der Waals surface area contributed by atoms with E-state index in [1.807, 2.05) is 50.2 Å². The highest BCUT2D eigenvalue weighted by atomic mass is 16.5. The lowest BCUT2D eigenvalue weighted by atomic mass is 9.94. The van der Waals surface area contributed by atoms with Crippen LogP contribution in [0, 0.1) is 0 Å². The molecule has 0 bridgehead atoms. The molecule has 1 fully saturated rings. The molecule has 7 heteroatoms. The zero-order valence-corrected chi connectivity index (χ0v) is 21.6. The second kappa shape index (κ2) is 11.2. The van der Waals surface area contributed by atoms with Crippen molar-refractivity contribution in [1.82, 2.24) is 9.80 Å². The van der Waals surface area contributed by atoms with Gasteiger partial charge in [-0.05, 0) is 67.9 Å². The van der Waals surface area contributed by atoms with Crippen LogP contribution in [-0.4, -0.2) is 65.5 Å². The minimum atomic E-state index is -0.677. The molecule has 1 amide bonds. The lowest BCUT2D eigenvalue weighted by Crippen LogP contribution is -2.38. The summed E-state index contributed by atoms with van der Waals surface area (Å²) in [6.07, 6.45) is 1.70. The average Bonchev–Trinajstić information content (AvgIpc) is 3.38. The fraction of sp³-hybridized carbons (Fsp3) is 0.448. The van der Waals surface area contributed by atoms with E-state index >= 15 is 0 Å². The first kappa shape index (κ1) is 25.8. The predicted molar refractivity (Wildman–Crippen MR) is 139 cm³/mol. The van der Waals surface area contributed by atoms with E-state index < -0.39 is 17.7 Å². The Morgan fingerprint density at radius 2 is 1.83 bits per heavy atom. The van der Waals surface area contributed by atoms with Gasteiger partial charge in [0.25, 0.3) is 11.7 Å². The first-order chi connectivity index (χ1) is 17.4. The minimum absolute atomic E-state index is 0.0662. The molecule has 2 aliphatic rings.